The van der Waals surface area contributed by atoms with Crippen LogP contribution in [-0.2, 0) is 16.0 Å². The summed E-state index contributed by atoms with van der Waals surface area (Å²) < 4.78 is 0. The standard InChI is InChI=1S/C12H17N3O2S/c1-3-8-7-13-12(18-8)14-11(17)9-5-4-6-10(16)15(9)2/h7,9H,3-6H2,1-2H3,(H,13,14,17). The van der Waals surface area contributed by atoms with E-state index in [1.807, 2.05) is 6.92 Å². The van der Waals surface area contributed by atoms with E-state index < -0.39 is 0 Å². The minimum absolute atomic E-state index is 0.0368. The maximum absolute atomic E-state index is 12.1. The van der Waals surface area contributed by atoms with Gasteiger partial charge in [0.2, 0.25) is 11.8 Å². The lowest BCUT2D eigenvalue weighted by atomic mass is 10.0. The van der Waals surface area contributed by atoms with Crippen molar-refractivity contribution < 1.29 is 9.59 Å². The highest BCUT2D eigenvalue weighted by molar-refractivity contribution is 7.15. The highest BCUT2D eigenvalue weighted by atomic mass is 32.1. The van der Waals surface area contributed by atoms with Crippen LogP contribution in [0.5, 0.6) is 0 Å². The second kappa shape index (κ2) is 5.48. The lowest BCUT2D eigenvalue weighted by Gasteiger charge is -2.30. The van der Waals surface area contributed by atoms with Crippen molar-refractivity contribution in [1.82, 2.24) is 9.88 Å². The molecule has 0 aromatic carbocycles. The fraction of sp³-hybridized carbons (Fsp3) is 0.583. The molecule has 1 atom stereocenters. The number of nitrogens with one attached hydrogen (secondary N) is 1. The fourth-order valence-corrected chi connectivity index (χ4v) is 2.77. The van der Waals surface area contributed by atoms with Crippen LogP contribution in [-0.4, -0.2) is 34.8 Å². The fourth-order valence-electron chi connectivity index (χ4n) is 2.01. The molecule has 2 amide bonds. The minimum Gasteiger partial charge on any atom is -0.334 e. The van der Waals surface area contributed by atoms with Crippen LogP contribution in [0.25, 0.3) is 0 Å². The van der Waals surface area contributed by atoms with Gasteiger partial charge in [-0.15, -0.1) is 11.3 Å². The number of amides is 2. The Kier molecular flexibility index (Phi) is 3.96. The van der Waals surface area contributed by atoms with Crippen molar-refractivity contribution >= 4 is 28.3 Å². The molecule has 6 heteroatoms. The summed E-state index contributed by atoms with van der Waals surface area (Å²) >= 11 is 1.48. The molecule has 2 rings (SSSR count). The SMILES string of the molecule is CCc1cnc(NC(=O)C2CCCC(=O)N2C)s1. The van der Waals surface area contributed by atoms with E-state index in [-0.39, 0.29) is 17.9 Å². The van der Waals surface area contributed by atoms with Crippen LogP contribution in [0.1, 0.15) is 31.1 Å². The zero-order chi connectivity index (χ0) is 13.1. The summed E-state index contributed by atoms with van der Waals surface area (Å²) in [6.45, 7) is 2.05. The lowest BCUT2D eigenvalue weighted by molar-refractivity contribution is -0.140. The van der Waals surface area contributed by atoms with Crippen LogP contribution in [0.4, 0.5) is 5.13 Å². The zero-order valence-electron chi connectivity index (χ0n) is 10.6. The maximum atomic E-state index is 12.1. The Morgan fingerprint density at radius 1 is 1.67 bits per heavy atom. The molecule has 1 aliphatic heterocycles. The van der Waals surface area contributed by atoms with Gasteiger partial charge >= 0.3 is 0 Å². The van der Waals surface area contributed by atoms with Crippen molar-refractivity contribution in [3.05, 3.63) is 11.1 Å². The van der Waals surface area contributed by atoms with E-state index in [1.54, 1.807) is 13.2 Å². The molecule has 1 aliphatic rings. The summed E-state index contributed by atoms with van der Waals surface area (Å²) in [7, 11) is 1.69. The average Bonchev–Trinajstić information content (AvgIpc) is 2.80. The number of aryl methyl sites for hydroxylation is 1. The molecular weight excluding hydrogens is 250 g/mol. The van der Waals surface area contributed by atoms with Gasteiger partial charge < -0.3 is 10.2 Å². The summed E-state index contributed by atoms with van der Waals surface area (Å²) in [4.78, 5) is 30.4. The third kappa shape index (κ3) is 2.69. The molecule has 1 unspecified atom stereocenters. The first kappa shape index (κ1) is 13.0. The smallest absolute Gasteiger partial charge is 0.248 e. The van der Waals surface area contributed by atoms with Crippen molar-refractivity contribution in [3.63, 3.8) is 0 Å². The van der Waals surface area contributed by atoms with Crippen molar-refractivity contribution in [3.8, 4) is 0 Å². The summed E-state index contributed by atoms with van der Waals surface area (Å²) in [5.74, 6) is -0.0997. The second-order valence-electron chi connectivity index (χ2n) is 4.39. The van der Waals surface area contributed by atoms with E-state index in [9.17, 15) is 9.59 Å². The van der Waals surface area contributed by atoms with Gasteiger partial charge in [-0.25, -0.2) is 4.98 Å². The molecule has 5 nitrogen and oxygen atoms in total. The summed E-state index contributed by atoms with van der Waals surface area (Å²) in [6.07, 6.45) is 4.72. The molecule has 98 valence electrons. The molecule has 1 aromatic heterocycles. The van der Waals surface area contributed by atoms with Gasteiger partial charge in [0.25, 0.3) is 0 Å². The maximum Gasteiger partial charge on any atom is 0.248 e. The number of likely N-dealkylation sites (N-methyl/N-ethyl adjacent to an activating group) is 1. The lowest BCUT2D eigenvalue weighted by Crippen LogP contribution is -2.47. The van der Waals surface area contributed by atoms with Gasteiger partial charge in [-0.05, 0) is 19.3 Å². The van der Waals surface area contributed by atoms with Crippen molar-refractivity contribution in [1.29, 1.82) is 0 Å². The van der Waals surface area contributed by atoms with Crippen LogP contribution in [0.2, 0.25) is 0 Å². The molecule has 0 bridgehead atoms. The molecule has 1 fully saturated rings. The Morgan fingerprint density at radius 3 is 3.11 bits per heavy atom. The quantitative estimate of drug-likeness (QED) is 0.906. The zero-order valence-corrected chi connectivity index (χ0v) is 11.4. The van der Waals surface area contributed by atoms with E-state index in [1.165, 1.54) is 16.2 Å². The van der Waals surface area contributed by atoms with Gasteiger partial charge in [-0.3, -0.25) is 9.59 Å². The van der Waals surface area contributed by atoms with Crippen LogP contribution in [0.3, 0.4) is 0 Å². The third-order valence-corrected chi connectivity index (χ3v) is 4.22. The van der Waals surface area contributed by atoms with Gasteiger partial charge in [-0.2, -0.15) is 0 Å². The molecule has 18 heavy (non-hydrogen) atoms. The number of aromatic nitrogens is 1. The molecular formula is C12H17N3O2S. The van der Waals surface area contributed by atoms with E-state index in [4.69, 9.17) is 0 Å². The molecule has 0 spiro atoms. The molecule has 2 heterocycles. The van der Waals surface area contributed by atoms with Crippen molar-refractivity contribution in [2.75, 3.05) is 12.4 Å². The van der Waals surface area contributed by atoms with E-state index in [0.29, 0.717) is 11.6 Å². The highest BCUT2D eigenvalue weighted by Gasteiger charge is 2.30. The van der Waals surface area contributed by atoms with Gasteiger partial charge in [-0.1, -0.05) is 6.92 Å². The van der Waals surface area contributed by atoms with Crippen molar-refractivity contribution in [2.45, 2.75) is 38.6 Å². The highest BCUT2D eigenvalue weighted by Crippen LogP contribution is 2.21. The van der Waals surface area contributed by atoms with Crippen molar-refractivity contribution in [2.24, 2.45) is 0 Å². The Labute approximate surface area is 110 Å². The summed E-state index contributed by atoms with van der Waals surface area (Å²) in [6, 6.07) is -0.361. The van der Waals surface area contributed by atoms with E-state index in [2.05, 4.69) is 10.3 Å². The molecule has 0 saturated carbocycles. The number of carbonyl (C=O) groups is 2. The molecule has 0 aliphatic carbocycles. The molecule has 0 radical (unpaired) electrons. The normalized spacial score (nSPS) is 20.0. The number of nitrogens with zero attached hydrogens (tertiary/aromatic N) is 2. The summed E-state index contributed by atoms with van der Waals surface area (Å²) in [5, 5.41) is 3.41. The average molecular weight is 267 g/mol. The van der Waals surface area contributed by atoms with Crippen LogP contribution in [0, 0.1) is 0 Å². The van der Waals surface area contributed by atoms with Gasteiger partial charge in [0.05, 0.1) is 0 Å². The summed E-state index contributed by atoms with van der Waals surface area (Å²) in [5.41, 5.74) is 0. The predicted octanol–water partition coefficient (Wildman–Crippen LogP) is 1.65. The molecule has 1 saturated heterocycles. The third-order valence-electron chi connectivity index (χ3n) is 3.16. The number of piperidine rings is 1. The number of hydrogen-bond donors (Lipinski definition) is 1. The number of thiazole rings is 1. The van der Waals surface area contributed by atoms with E-state index in [0.717, 1.165) is 24.1 Å². The molecule has 1 aromatic rings. The number of anilines is 1. The predicted molar refractivity (Wildman–Crippen MR) is 70.5 cm³/mol. The van der Waals surface area contributed by atoms with Gasteiger partial charge in [0, 0.05) is 24.5 Å². The Morgan fingerprint density at radius 2 is 2.44 bits per heavy atom. The second-order valence-corrected chi connectivity index (χ2v) is 5.50. The number of rotatable bonds is 3. The van der Waals surface area contributed by atoms with Crippen LogP contribution < -0.4 is 5.32 Å². The monoisotopic (exact) mass is 267 g/mol. The minimum atomic E-state index is -0.361. The Balaban J connectivity index is 2.00. The van der Waals surface area contributed by atoms with E-state index >= 15 is 0 Å². The van der Waals surface area contributed by atoms with Gasteiger partial charge in [0.15, 0.2) is 5.13 Å². The van der Waals surface area contributed by atoms with Gasteiger partial charge in [0.1, 0.15) is 6.04 Å². The Bertz CT molecular complexity index is 458. The first-order valence-corrected chi connectivity index (χ1v) is 6.94. The first-order valence-electron chi connectivity index (χ1n) is 6.13. The number of carbonyl (C=O) groups excluding carboxylic acids is 2. The largest absolute Gasteiger partial charge is 0.334 e. The Hall–Kier alpha value is -1.43. The van der Waals surface area contributed by atoms with Crippen LogP contribution >= 0.6 is 11.3 Å². The van der Waals surface area contributed by atoms with Crippen LogP contribution in [0.15, 0.2) is 6.20 Å². The first-order chi connectivity index (χ1) is 8.61. The molecule has 1 N–H and O–H groups in total. The number of likely N-dealkylation sites (tertiary alicyclic amines) is 1. The topological polar surface area (TPSA) is 62.3 Å². The number of hydrogen-bond acceptors (Lipinski definition) is 4.